The first-order valence-electron chi connectivity index (χ1n) is 11.2. The van der Waals surface area contributed by atoms with Gasteiger partial charge >= 0.3 is 5.97 Å². The lowest BCUT2D eigenvalue weighted by Gasteiger charge is -2.11. The molecule has 2 N–H and O–H groups in total. The van der Waals surface area contributed by atoms with Gasteiger partial charge in [-0.05, 0) is 49.4 Å². The van der Waals surface area contributed by atoms with Crippen molar-refractivity contribution in [2.24, 2.45) is 16.3 Å². The van der Waals surface area contributed by atoms with Crippen LogP contribution in [0.2, 0.25) is 0 Å². The van der Waals surface area contributed by atoms with E-state index in [9.17, 15) is 4.79 Å². The molecule has 0 atom stereocenters. The third-order valence-corrected chi connectivity index (χ3v) is 5.71. The first-order chi connectivity index (χ1) is 14.6. The number of carbonyl (C=O) groups excluding carboxylic acids is 1. The molecule has 0 aromatic heterocycles. The molecule has 0 heterocycles. The third kappa shape index (κ3) is 7.05. The van der Waals surface area contributed by atoms with Crippen LogP contribution in [0.1, 0.15) is 88.7 Å². The second kappa shape index (κ2) is 12.2. The molecule has 1 aromatic carbocycles. The first kappa shape index (κ1) is 23.7. The number of oxime groups is 1. The summed E-state index contributed by atoms with van der Waals surface area (Å²) in [5, 5.41) is 12.8. The fourth-order valence-electron chi connectivity index (χ4n) is 3.48. The van der Waals surface area contributed by atoms with Gasteiger partial charge in [0.2, 0.25) is 0 Å². The number of benzene rings is 1. The van der Waals surface area contributed by atoms with E-state index in [1.165, 1.54) is 51.4 Å². The van der Waals surface area contributed by atoms with Crippen molar-refractivity contribution in [3.8, 4) is 11.8 Å². The normalized spacial score (nSPS) is 14.8. The lowest BCUT2D eigenvalue weighted by Crippen LogP contribution is -2.19. The Morgan fingerprint density at radius 1 is 1.13 bits per heavy atom. The Balaban J connectivity index is 1.83. The number of hydrogen-bond donors (Lipinski definition) is 1. The summed E-state index contributed by atoms with van der Waals surface area (Å²) >= 11 is 0. The highest BCUT2D eigenvalue weighted by Gasteiger charge is 2.53. The van der Waals surface area contributed by atoms with Gasteiger partial charge in [-0.15, -0.1) is 0 Å². The summed E-state index contributed by atoms with van der Waals surface area (Å²) in [5.41, 5.74) is 6.72. The molecular formula is C24H35N3O3. The molecule has 0 radical (unpaired) electrons. The molecule has 0 amide bonds. The molecule has 2 rings (SSSR count). The van der Waals surface area contributed by atoms with Crippen LogP contribution in [0.15, 0.2) is 23.4 Å². The molecule has 0 spiro atoms. The largest absolute Gasteiger partial charge is 0.496 e. The van der Waals surface area contributed by atoms with Gasteiger partial charge < -0.3 is 15.3 Å². The Morgan fingerprint density at radius 3 is 2.33 bits per heavy atom. The summed E-state index contributed by atoms with van der Waals surface area (Å²) in [6.07, 6.45) is 13.5. The summed E-state index contributed by atoms with van der Waals surface area (Å²) in [4.78, 5) is 16.8. The van der Waals surface area contributed by atoms with Gasteiger partial charge in [-0.3, -0.25) is 0 Å². The van der Waals surface area contributed by atoms with E-state index in [0.29, 0.717) is 18.4 Å². The summed E-state index contributed by atoms with van der Waals surface area (Å²) in [5.74, 6) is 0.314. The minimum atomic E-state index is -1.02. The van der Waals surface area contributed by atoms with Crippen molar-refractivity contribution < 1.29 is 14.4 Å². The topological polar surface area (TPSA) is 97.7 Å². The number of nitriles is 1. The quantitative estimate of drug-likeness (QED) is 0.148. The van der Waals surface area contributed by atoms with Gasteiger partial charge in [-0.25, -0.2) is 4.79 Å². The molecule has 0 aliphatic heterocycles. The maximum Gasteiger partial charge on any atom is 0.355 e. The molecule has 164 valence electrons. The van der Waals surface area contributed by atoms with Gasteiger partial charge in [0, 0.05) is 5.56 Å². The highest BCUT2D eigenvalue weighted by molar-refractivity contribution is 5.98. The second-order valence-electron chi connectivity index (χ2n) is 8.15. The minimum absolute atomic E-state index is 0.119. The van der Waals surface area contributed by atoms with Crippen LogP contribution < -0.4 is 10.5 Å². The van der Waals surface area contributed by atoms with E-state index in [0.717, 1.165) is 24.2 Å². The molecule has 0 bridgehead atoms. The maximum atomic E-state index is 11.9. The highest BCUT2D eigenvalue weighted by atomic mass is 16.7. The number of methoxy groups -OCH3 is 1. The van der Waals surface area contributed by atoms with Crippen molar-refractivity contribution in [1.82, 2.24) is 0 Å². The summed E-state index contributed by atoms with van der Waals surface area (Å²) in [7, 11) is 1.66. The van der Waals surface area contributed by atoms with E-state index in [1.807, 2.05) is 18.2 Å². The number of nitrogens with zero attached hydrogens (tertiary/aromatic N) is 2. The van der Waals surface area contributed by atoms with Crippen molar-refractivity contribution in [2.75, 3.05) is 7.11 Å². The predicted molar refractivity (Wildman–Crippen MR) is 118 cm³/mol. The number of carbonyl (C=O) groups is 1. The molecule has 1 fully saturated rings. The maximum absolute atomic E-state index is 11.9. The van der Waals surface area contributed by atoms with Crippen LogP contribution in [0.3, 0.4) is 0 Å². The molecule has 30 heavy (non-hydrogen) atoms. The van der Waals surface area contributed by atoms with E-state index in [2.05, 4.69) is 12.1 Å². The van der Waals surface area contributed by atoms with E-state index >= 15 is 0 Å². The smallest absolute Gasteiger partial charge is 0.355 e. The van der Waals surface area contributed by atoms with Crippen LogP contribution in [-0.2, 0) is 16.1 Å². The van der Waals surface area contributed by atoms with Crippen LogP contribution in [0.25, 0.3) is 0 Å². The number of rotatable bonds is 14. The zero-order valence-corrected chi connectivity index (χ0v) is 18.4. The fourth-order valence-corrected chi connectivity index (χ4v) is 3.48. The zero-order valence-electron chi connectivity index (χ0n) is 18.4. The number of amidine groups is 1. The van der Waals surface area contributed by atoms with E-state index in [1.54, 1.807) is 13.2 Å². The summed E-state index contributed by atoms with van der Waals surface area (Å²) < 4.78 is 5.48. The van der Waals surface area contributed by atoms with Crippen molar-refractivity contribution in [3.63, 3.8) is 0 Å². The van der Waals surface area contributed by atoms with Gasteiger partial charge in [0.05, 0.1) is 13.2 Å². The third-order valence-electron chi connectivity index (χ3n) is 5.71. The van der Waals surface area contributed by atoms with Crippen molar-refractivity contribution in [2.45, 2.75) is 84.0 Å². The average molecular weight is 414 g/mol. The lowest BCUT2D eigenvalue weighted by molar-refractivity contribution is -0.147. The Labute approximate surface area is 180 Å². The van der Waals surface area contributed by atoms with E-state index in [4.69, 9.17) is 20.6 Å². The van der Waals surface area contributed by atoms with E-state index < -0.39 is 11.4 Å². The number of nitrogens with two attached hydrogens (primary N) is 1. The Bertz CT molecular complexity index is 763. The van der Waals surface area contributed by atoms with Crippen LogP contribution in [-0.4, -0.2) is 18.9 Å². The fraction of sp³-hybridized carbons (Fsp3) is 0.625. The molecule has 0 unspecified atom stereocenters. The van der Waals surface area contributed by atoms with Gasteiger partial charge in [-0.1, -0.05) is 63.4 Å². The standard InChI is InChI=1S/C24H35N3O3/c1-3-4-5-6-7-8-9-10-11-12-19-17-20(13-14-21(19)29-2)22(26)27-30-23(28)24(18-25)15-16-24/h13-14,17H,3-12,15-16H2,1-2H3,(H2,26,27). The first-order valence-corrected chi connectivity index (χ1v) is 11.2. The van der Waals surface area contributed by atoms with Crippen molar-refractivity contribution in [3.05, 3.63) is 29.3 Å². The number of ether oxygens (including phenoxy) is 1. The Morgan fingerprint density at radius 2 is 1.77 bits per heavy atom. The van der Waals surface area contributed by atoms with Crippen LogP contribution >= 0.6 is 0 Å². The highest BCUT2D eigenvalue weighted by Crippen LogP contribution is 2.46. The van der Waals surface area contributed by atoms with Crippen LogP contribution in [0, 0.1) is 16.7 Å². The molecule has 6 nitrogen and oxygen atoms in total. The molecule has 6 heteroatoms. The Hall–Kier alpha value is -2.55. The van der Waals surface area contributed by atoms with Crippen molar-refractivity contribution >= 4 is 11.8 Å². The summed E-state index contributed by atoms with van der Waals surface area (Å²) in [6, 6.07) is 7.58. The Kier molecular flexibility index (Phi) is 9.66. The zero-order chi connectivity index (χ0) is 21.8. The summed E-state index contributed by atoms with van der Waals surface area (Å²) in [6.45, 7) is 2.24. The predicted octanol–water partition coefficient (Wildman–Crippen LogP) is 5.24. The molecular weight excluding hydrogens is 378 g/mol. The second-order valence-corrected chi connectivity index (χ2v) is 8.15. The van der Waals surface area contributed by atoms with Gasteiger partial charge in [0.15, 0.2) is 11.3 Å². The van der Waals surface area contributed by atoms with E-state index in [-0.39, 0.29) is 5.84 Å². The van der Waals surface area contributed by atoms with Gasteiger partial charge in [0.25, 0.3) is 0 Å². The SMILES string of the molecule is CCCCCCCCCCCc1cc(/C(N)=N/OC(=O)C2(C#N)CC2)ccc1OC. The van der Waals surface area contributed by atoms with Crippen molar-refractivity contribution in [1.29, 1.82) is 5.26 Å². The lowest BCUT2D eigenvalue weighted by atomic mass is 10.0. The number of hydrogen-bond acceptors (Lipinski definition) is 5. The molecule has 0 saturated heterocycles. The monoisotopic (exact) mass is 413 g/mol. The molecule has 1 aromatic rings. The average Bonchev–Trinajstić information content (AvgIpc) is 3.57. The molecule has 1 saturated carbocycles. The van der Waals surface area contributed by atoms with Crippen LogP contribution in [0.5, 0.6) is 5.75 Å². The number of aryl methyl sites for hydroxylation is 1. The molecule has 1 aliphatic carbocycles. The minimum Gasteiger partial charge on any atom is -0.496 e. The molecule has 1 aliphatic rings. The van der Waals surface area contributed by atoms with Gasteiger partial charge in [-0.2, -0.15) is 5.26 Å². The van der Waals surface area contributed by atoms with Gasteiger partial charge in [0.1, 0.15) is 5.75 Å². The number of unbranched alkanes of at least 4 members (excludes halogenated alkanes) is 8. The van der Waals surface area contributed by atoms with Crippen LogP contribution in [0.4, 0.5) is 0 Å².